The maximum atomic E-state index is 12.7. The summed E-state index contributed by atoms with van der Waals surface area (Å²) in [5.74, 6) is 0. The minimum absolute atomic E-state index is 0.118. The van der Waals surface area contributed by atoms with E-state index >= 15 is 0 Å². The van der Waals surface area contributed by atoms with Gasteiger partial charge in [-0.25, -0.2) is 18.1 Å². The zero-order valence-electron chi connectivity index (χ0n) is 15.7. The summed E-state index contributed by atoms with van der Waals surface area (Å²) in [5.41, 5.74) is 3.20. The average Bonchev–Trinajstić information content (AvgIpc) is 3.21. The van der Waals surface area contributed by atoms with Crippen LogP contribution in [0.3, 0.4) is 0 Å². The molecule has 3 rings (SSSR count). The molecular formula is C19H22ClN3O2S2. The second-order valence-corrected chi connectivity index (χ2v) is 9.49. The fraction of sp³-hybridized carbons (Fsp3) is 0.316. The van der Waals surface area contributed by atoms with E-state index in [2.05, 4.69) is 4.72 Å². The molecule has 27 heavy (non-hydrogen) atoms. The van der Waals surface area contributed by atoms with Crippen LogP contribution in [0.1, 0.15) is 26.0 Å². The van der Waals surface area contributed by atoms with Gasteiger partial charge in [-0.05, 0) is 38.5 Å². The highest BCUT2D eigenvalue weighted by atomic mass is 35.5. The molecule has 0 aliphatic carbocycles. The van der Waals surface area contributed by atoms with Gasteiger partial charge in [0.2, 0.25) is 10.0 Å². The highest BCUT2D eigenvalue weighted by molar-refractivity contribution is 7.89. The molecule has 0 spiro atoms. The van der Waals surface area contributed by atoms with E-state index in [4.69, 9.17) is 16.6 Å². The fourth-order valence-electron chi connectivity index (χ4n) is 2.73. The summed E-state index contributed by atoms with van der Waals surface area (Å²) in [7, 11) is -1.72. The smallest absolute Gasteiger partial charge is 0.242 e. The van der Waals surface area contributed by atoms with Gasteiger partial charge in [0.25, 0.3) is 0 Å². The Morgan fingerprint density at radius 2 is 2.07 bits per heavy atom. The second kappa shape index (κ2) is 7.75. The molecule has 0 fully saturated rings. The maximum absolute atomic E-state index is 12.7. The summed E-state index contributed by atoms with van der Waals surface area (Å²) >= 11 is 7.55. The summed E-state index contributed by atoms with van der Waals surface area (Å²) in [4.78, 5) is 4.98. The van der Waals surface area contributed by atoms with Crippen molar-refractivity contribution in [3.8, 4) is 22.0 Å². The van der Waals surface area contributed by atoms with Crippen molar-refractivity contribution in [1.29, 1.82) is 0 Å². The van der Waals surface area contributed by atoms with Crippen LogP contribution in [0.2, 0.25) is 5.02 Å². The first-order valence-corrected chi connectivity index (χ1v) is 11.4. The molecule has 1 N–H and O–H groups in total. The first-order valence-electron chi connectivity index (χ1n) is 8.63. The standard InChI is InChI=1S/C19H22ClN3O2S2/c1-5-12(2)22-27(24,25)18-10-17(23(4)13(18)3)19-21-16(11-26-19)14-7-6-8-15(20)9-14/h6-12,22H,5H2,1-4H3. The average molecular weight is 424 g/mol. The lowest BCUT2D eigenvalue weighted by atomic mass is 10.2. The van der Waals surface area contributed by atoms with E-state index in [0.29, 0.717) is 15.6 Å². The maximum Gasteiger partial charge on any atom is 0.242 e. The lowest BCUT2D eigenvalue weighted by Crippen LogP contribution is -2.32. The summed E-state index contributed by atoms with van der Waals surface area (Å²) in [6.45, 7) is 5.61. The van der Waals surface area contributed by atoms with E-state index in [-0.39, 0.29) is 6.04 Å². The SMILES string of the molecule is CCC(C)NS(=O)(=O)c1cc(-c2nc(-c3cccc(Cl)c3)cs2)n(C)c1C. The molecule has 0 saturated carbocycles. The summed E-state index contributed by atoms with van der Waals surface area (Å²) < 4.78 is 30.0. The van der Waals surface area contributed by atoms with Crippen molar-refractivity contribution in [2.24, 2.45) is 7.05 Å². The molecular weight excluding hydrogens is 402 g/mol. The molecule has 144 valence electrons. The van der Waals surface area contributed by atoms with Crippen LogP contribution in [0.5, 0.6) is 0 Å². The van der Waals surface area contributed by atoms with Crippen molar-refractivity contribution in [1.82, 2.24) is 14.3 Å². The molecule has 0 bridgehead atoms. The molecule has 2 aromatic heterocycles. The van der Waals surface area contributed by atoms with Gasteiger partial charge in [0.05, 0.1) is 11.4 Å². The number of hydrogen-bond acceptors (Lipinski definition) is 4. The number of nitrogens with one attached hydrogen (secondary N) is 1. The van der Waals surface area contributed by atoms with Crippen LogP contribution in [-0.2, 0) is 17.1 Å². The van der Waals surface area contributed by atoms with E-state index in [1.807, 2.05) is 55.1 Å². The van der Waals surface area contributed by atoms with Crippen molar-refractivity contribution >= 4 is 33.0 Å². The monoisotopic (exact) mass is 423 g/mol. The number of rotatable bonds is 6. The van der Waals surface area contributed by atoms with Gasteiger partial charge in [0.15, 0.2) is 0 Å². The molecule has 0 aliphatic heterocycles. The Morgan fingerprint density at radius 3 is 2.74 bits per heavy atom. The minimum Gasteiger partial charge on any atom is -0.345 e. The van der Waals surface area contributed by atoms with E-state index in [1.165, 1.54) is 11.3 Å². The first-order chi connectivity index (χ1) is 12.7. The van der Waals surface area contributed by atoms with Crippen LogP contribution in [0.15, 0.2) is 40.6 Å². The van der Waals surface area contributed by atoms with E-state index < -0.39 is 10.0 Å². The van der Waals surface area contributed by atoms with Gasteiger partial charge in [-0.3, -0.25) is 0 Å². The van der Waals surface area contributed by atoms with Crippen LogP contribution in [0, 0.1) is 6.92 Å². The zero-order valence-corrected chi connectivity index (χ0v) is 18.0. The Hall–Kier alpha value is -1.67. The molecule has 1 unspecified atom stereocenters. The van der Waals surface area contributed by atoms with Crippen LogP contribution < -0.4 is 4.72 Å². The van der Waals surface area contributed by atoms with E-state index in [0.717, 1.165) is 28.4 Å². The van der Waals surface area contributed by atoms with Crippen molar-refractivity contribution < 1.29 is 8.42 Å². The minimum atomic E-state index is -3.57. The van der Waals surface area contributed by atoms with Gasteiger partial charge in [-0.1, -0.05) is 30.7 Å². The molecule has 0 amide bonds. The molecule has 0 saturated heterocycles. The van der Waals surface area contributed by atoms with Crippen LogP contribution in [0.25, 0.3) is 22.0 Å². The Kier molecular flexibility index (Phi) is 5.76. The molecule has 0 radical (unpaired) electrons. The van der Waals surface area contributed by atoms with E-state index in [1.54, 1.807) is 13.0 Å². The van der Waals surface area contributed by atoms with Gasteiger partial charge in [-0.2, -0.15) is 0 Å². The fourth-order valence-corrected chi connectivity index (χ4v) is 5.42. The Morgan fingerprint density at radius 1 is 1.33 bits per heavy atom. The van der Waals surface area contributed by atoms with Gasteiger partial charge in [0, 0.05) is 34.7 Å². The highest BCUT2D eigenvalue weighted by Gasteiger charge is 2.24. The highest BCUT2D eigenvalue weighted by Crippen LogP contribution is 2.33. The zero-order chi connectivity index (χ0) is 19.8. The Labute approximate surface area is 169 Å². The van der Waals surface area contributed by atoms with E-state index in [9.17, 15) is 8.42 Å². The summed E-state index contributed by atoms with van der Waals surface area (Å²) in [6.07, 6.45) is 0.730. The number of thiazole rings is 1. The second-order valence-electron chi connectivity index (χ2n) is 6.52. The van der Waals surface area contributed by atoms with Crippen LogP contribution in [-0.4, -0.2) is 24.0 Å². The number of hydrogen-bond donors (Lipinski definition) is 1. The number of nitrogens with zero attached hydrogens (tertiary/aromatic N) is 2. The topological polar surface area (TPSA) is 64.0 Å². The molecule has 8 heteroatoms. The van der Waals surface area contributed by atoms with Gasteiger partial charge >= 0.3 is 0 Å². The van der Waals surface area contributed by atoms with Crippen molar-refractivity contribution in [3.05, 3.63) is 46.4 Å². The number of aromatic nitrogens is 2. The lowest BCUT2D eigenvalue weighted by Gasteiger charge is -2.11. The molecule has 0 aliphatic rings. The largest absolute Gasteiger partial charge is 0.345 e. The number of halogens is 1. The van der Waals surface area contributed by atoms with Gasteiger partial charge in [0.1, 0.15) is 9.90 Å². The first kappa shape index (κ1) is 20.1. The normalized spacial score (nSPS) is 13.1. The summed E-state index contributed by atoms with van der Waals surface area (Å²) in [6, 6.07) is 9.10. The number of sulfonamides is 1. The third-order valence-electron chi connectivity index (χ3n) is 4.59. The Balaban J connectivity index is 2.00. The predicted molar refractivity (Wildman–Crippen MR) is 112 cm³/mol. The predicted octanol–water partition coefficient (Wildman–Crippen LogP) is 4.85. The third kappa shape index (κ3) is 4.11. The lowest BCUT2D eigenvalue weighted by molar-refractivity contribution is 0.555. The van der Waals surface area contributed by atoms with Crippen molar-refractivity contribution in [2.45, 2.75) is 38.1 Å². The van der Waals surface area contributed by atoms with Gasteiger partial charge < -0.3 is 4.57 Å². The third-order valence-corrected chi connectivity index (χ3v) is 7.40. The molecule has 5 nitrogen and oxygen atoms in total. The Bertz CT molecular complexity index is 1070. The van der Waals surface area contributed by atoms with Crippen molar-refractivity contribution in [3.63, 3.8) is 0 Å². The van der Waals surface area contributed by atoms with Crippen LogP contribution in [0.4, 0.5) is 0 Å². The molecule has 1 atom stereocenters. The molecule has 1 aromatic carbocycles. The van der Waals surface area contributed by atoms with Crippen LogP contribution >= 0.6 is 22.9 Å². The summed E-state index contributed by atoms with van der Waals surface area (Å²) in [5, 5.41) is 3.37. The quantitative estimate of drug-likeness (QED) is 0.616. The molecule has 2 heterocycles. The number of benzene rings is 1. The molecule has 3 aromatic rings. The van der Waals surface area contributed by atoms with Gasteiger partial charge in [-0.15, -0.1) is 11.3 Å². The van der Waals surface area contributed by atoms with Crippen molar-refractivity contribution in [2.75, 3.05) is 0 Å².